The van der Waals surface area contributed by atoms with Crippen molar-refractivity contribution in [3.05, 3.63) is 113 Å². The topological polar surface area (TPSA) is 124 Å². The maximum absolute atomic E-state index is 14.2. The smallest absolute Gasteiger partial charge is 0.296 e. The van der Waals surface area contributed by atoms with Crippen molar-refractivity contribution in [2.45, 2.75) is 30.0 Å². The highest BCUT2D eigenvalue weighted by Crippen LogP contribution is 2.46. The number of aromatic nitrogens is 2. The molecule has 240 valence electrons. The number of aliphatic hydroxyl groups is 1. The Kier molecular flexibility index (Phi) is 9.32. The lowest BCUT2D eigenvalue weighted by atomic mass is 9.95. The Hall–Kier alpha value is -5.07. The van der Waals surface area contributed by atoms with E-state index in [4.69, 9.17) is 18.6 Å². The molecule has 0 fully saturated rings. The second kappa shape index (κ2) is 13.7. The Morgan fingerprint density at radius 1 is 1.09 bits per heavy atom. The van der Waals surface area contributed by atoms with Crippen LogP contribution in [0.5, 0.6) is 17.2 Å². The van der Waals surface area contributed by atoms with Crippen LogP contribution in [0.1, 0.15) is 40.2 Å². The predicted molar refractivity (Wildman–Crippen MR) is 181 cm³/mol. The fourth-order valence-electron chi connectivity index (χ4n) is 5.21. The molecule has 3 aromatic carbocycles. The number of carbonyl (C=O) groups is 2. The molecule has 47 heavy (non-hydrogen) atoms. The van der Waals surface area contributed by atoms with Crippen molar-refractivity contribution >= 4 is 50.9 Å². The van der Waals surface area contributed by atoms with E-state index in [1.807, 2.05) is 26.0 Å². The summed E-state index contributed by atoms with van der Waals surface area (Å²) in [5.41, 5.74) is 2.97. The number of anilines is 1. The van der Waals surface area contributed by atoms with Crippen molar-refractivity contribution in [3.63, 3.8) is 0 Å². The summed E-state index contributed by atoms with van der Waals surface area (Å²) in [5.74, 6) is -0.261. The molecule has 1 unspecified atom stereocenters. The maximum atomic E-state index is 14.2. The van der Waals surface area contributed by atoms with Crippen molar-refractivity contribution in [3.8, 4) is 17.2 Å². The minimum atomic E-state index is -1.08. The molecule has 0 saturated heterocycles. The molecule has 12 heteroatoms. The first kappa shape index (κ1) is 31.9. The van der Waals surface area contributed by atoms with E-state index in [9.17, 15) is 14.7 Å². The summed E-state index contributed by atoms with van der Waals surface area (Å²) >= 11 is 2.67. The monoisotopic (exact) mass is 669 g/mol. The molecular formula is C35H31N3O7S2. The number of thioether (sulfide) groups is 1. The number of benzene rings is 3. The number of hydrogen-bond donors (Lipinski definition) is 1. The molecule has 3 heterocycles. The molecular weight excluding hydrogens is 639 g/mol. The average Bonchev–Trinajstić information content (AvgIpc) is 3.80. The van der Waals surface area contributed by atoms with Crippen molar-refractivity contribution in [2.75, 3.05) is 25.2 Å². The lowest BCUT2D eigenvalue weighted by molar-refractivity contribution is -0.117. The fraction of sp³-hybridized carbons (Fsp3) is 0.200. The first-order chi connectivity index (χ1) is 22.8. The molecule has 10 nitrogen and oxygen atoms in total. The van der Waals surface area contributed by atoms with Gasteiger partial charge >= 0.3 is 0 Å². The highest BCUT2D eigenvalue weighted by atomic mass is 32.2. The standard InChI is InChI=1S/C35H31N3O7S2/c1-5-16-44-24-15-14-22(17-26(24)43-6-2)29-28(30(39)27-18-23-8-7-9-25(42-4)32(23)45-27)31(40)33(41)38(29)34-36-37-35(47-34)46-19-21-12-10-20(3)11-13-21/h5,7-15,17-18,29,40H,1,6,16,19H2,2-4H3. The van der Waals surface area contributed by atoms with E-state index in [1.165, 1.54) is 40.7 Å². The summed E-state index contributed by atoms with van der Waals surface area (Å²) in [7, 11) is 1.50. The van der Waals surface area contributed by atoms with Gasteiger partial charge in [-0.05, 0) is 49.2 Å². The van der Waals surface area contributed by atoms with Gasteiger partial charge in [-0.25, -0.2) is 0 Å². The molecule has 0 bridgehead atoms. The van der Waals surface area contributed by atoms with Gasteiger partial charge in [0.2, 0.25) is 10.9 Å². The highest BCUT2D eigenvalue weighted by molar-refractivity contribution is 8.00. The number of para-hydroxylation sites is 1. The number of carbonyl (C=O) groups excluding carboxylic acids is 2. The quantitative estimate of drug-likeness (QED) is 0.0579. The molecule has 0 spiro atoms. The number of aryl methyl sites for hydroxylation is 1. The zero-order valence-corrected chi connectivity index (χ0v) is 27.5. The summed E-state index contributed by atoms with van der Waals surface area (Å²) in [6.07, 6.45) is 1.62. The Balaban J connectivity index is 1.41. The summed E-state index contributed by atoms with van der Waals surface area (Å²) in [6, 6.07) is 19.1. The largest absolute Gasteiger partial charge is 0.503 e. The number of rotatable bonds is 13. The van der Waals surface area contributed by atoms with Crippen LogP contribution < -0.4 is 19.1 Å². The third kappa shape index (κ3) is 6.34. The Morgan fingerprint density at radius 2 is 1.89 bits per heavy atom. The number of methoxy groups -OCH3 is 1. The van der Waals surface area contributed by atoms with E-state index in [0.717, 1.165) is 5.56 Å². The Bertz CT molecular complexity index is 2000. The molecule has 1 atom stereocenters. The Labute approximate surface area is 279 Å². The lowest BCUT2D eigenvalue weighted by Crippen LogP contribution is -2.31. The van der Waals surface area contributed by atoms with Crippen LogP contribution in [0.3, 0.4) is 0 Å². The number of aliphatic hydroxyl groups excluding tert-OH is 1. The normalized spacial score (nSPS) is 14.6. The number of hydrogen-bond acceptors (Lipinski definition) is 11. The lowest BCUT2D eigenvalue weighted by Gasteiger charge is -2.24. The van der Waals surface area contributed by atoms with Crippen molar-refractivity contribution in [2.24, 2.45) is 0 Å². The van der Waals surface area contributed by atoms with E-state index < -0.39 is 23.5 Å². The highest BCUT2D eigenvalue weighted by Gasteiger charge is 2.47. The number of ether oxygens (including phenoxy) is 3. The number of ketones is 1. The summed E-state index contributed by atoms with van der Waals surface area (Å²) < 4.78 is 23.6. The number of fused-ring (bicyclic) bond motifs is 1. The minimum Gasteiger partial charge on any atom is -0.503 e. The van der Waals surface area contributed by atoms with Crippen molar-refractivity contribution in [1.29, 1.82) is 0 Å². The van der Waals surface area contributed by atoms with Crippen LogP contribution in [0.15, 0.2) is 99.5 Å². The summed E-state index contributed by atoms with van der Waals surface area (Å²) in [5, 5.41) is 20.8. The molecule has 2 aromatic heterocycles. The third-order valence-electron chi connectivity index (χ3n) is 7.43. The van der Waals surface area contributed by atoms with Gasteiger partial charge in [0.15, 0.2) is 38.7 Å². The van der Waals surface area contributed by atoms with E-state index in [-0.39, 0.29) is 23.1 Å². The number of furan rings is 1. The van der Waals surface area contributed by atoms with Gasteiger partial charge in [0, 0.05) is 11.1 Å². The van der Waals surface area contributed by atoms with Crippen LogP contribution in [0.25, 0.3) is 11.0 Å². The number of nitrogens with zero attached hydrogens (tertiary/aromatic N) is 3. The minimum absolute atomic E-state index is 0.0618. The summed E-state index contributed by atoms with van der Waals surface area (Å²) in [4.78, 5) is 29.3. The SMILES string of the molecule is C=CCOc1ccc(C2C(C(=O)c3cc4cccc(OC)c4o3)=C(O)C(=O)N2c2nnc(SCc3ccc(C)cc3)s2)cc1OCC. The first-order valence-corrected chi connectivity index (χ1v) is 16.5. The molecule has 1 aliphatic heterocycles. The first-order valence-electron chi connectivity index (χ1n) is 14.7. The van der Waals surface area contributed by atoms with Gasteiger partial charge in [-0.3, -0.25) is 14.5 Å². The molecule has 1 amide bonds. The van der Waals surface area contributed by atoms with E-state index in [0.29, 0.717) is 50.5 Å². The van der Waals surface area contributed by atoms with Gasteiger partial charge in [-0.1, -0.05) is 83.8 Å². The fourth-order valence-corrected chi connectivity index (χ4v) is 7.03. The zero-order valence-electron chi connectivity index (χ0n) is 25.9. The predicted octanol–water partition coefficient (Wildman–Crippen LogP) is 7.64. The molecule has 0 saturated carbocycles. The van der Waals surface area contributed by atoms with Gasteiger partial charge in [0.1, 0.15) is 6.61 Å². The second-order valence-electron chi connectivity index (χ2n) is 10.5. The van der Waals surface area contributed by atoms with Gasteiger partial charge in [-0.2, -0.15) is 0 Å². The molecule has 5 aromatic rings. The third-order valence-corrected chi connectivity index (χ3v) is 9.56. The van der Waals surface area contributed by atoms with Crippen LogP contribution in [0, 0.1) is 6.92 Å². The van der Waals surface area contributed by atoms with E-state index in [1.54, 1.807) is 48.5 Å². The molecule has 6 rings (SSSR count). The van der Waals surface area contributed by atoms with E-state index >= 15 is 0 Å². The number of amides is 1. The van der Waals surface area contributed by atoms with Crippen LogP contribution >= 0.6 is 23.1 Å². The van der Waals surface area contributed by atoms with Gasteiger partial charge in [0.05, 0.1) is 25.3 Å². The van der Waals surface area contributed by atoms with Crippen LogP contribution in [0.2, 0.25) is 0 Å². The average molecular weight is 670 g/mol. The molecule has 1 N–H and O–H groups in total. The molecule has 0 aliphatic carbocycles. The van der Waals surface area contributed by atoms with Crippen molar-refractivity contribution in [1.82, 2.24) is 10.2 Å². The molecule has 1 aliphatic rings. The summed E-state index contributed by atoms with van der Waals surface area (Å²) in [6.45, 7) is 8.16. The zero-order chi connectivity index (χ0) is 33.1. The van der Waals surface area contributed by atoms with Crippen LogP contribution in [-0.2, 0) is 10.5 Å². The van der Waals surface area contributed by atoms with Crippen LogP contribution in [0.4, 0.5) is 5.13 Å². The Morgan fingerprint density at radius 3 is 2.64 bits per heavy atom. The van der Waals surface area contributed by atoms with Crippen LogP contribution in [-0.4, -0.2) is 47.3 Å². The maximum Gasteiger partial charge on any atom is 0.296 e. The van der Waals surface area contributed by atoms with Gasteiger partial charge in [-0.15, -0.1) is 10.2 Å². The van der Waals surface area contributed by atoms with Gasteiger partial charge in [0.25, 0.3) is 5.91 Å². The molecule has 0 radical (unpaired) electrons. The van der Waals surface area contributed by atoms with E-state index in [2.05, 4.69) is 28.9 Å². The number of Topliss-reactive ketones (excluding diaryl/α,β-unsaturated/α-hetero) is 1. The van der Waals surface area contributed by atoms with Crippen molar-refractivity contribution < 1.29 is 33.3 Å². The van der Waals surface area contributed by atoms with Gasteiger partial charge < -0.3 is 23.7 Å². The second-order valence-corrected chi connectivity index (χ2v) is 12.7.